The van der Waals surface area contributed by atoms with Gasteiger partial charge in [-0.1, -0.05) is 6.07 Å². The van der Waals surface area contributed by atoms with Crippen LogP contribution in [0.3, 0.4) is 0 Å². The van der Waals surface area contributed by atoms with Gasteiger partial charge in [0.1, 0.15) is 11.3 Å². The van der Waals surface area contributed by atoms with Crippen LogP contribution in [-0.4, -0.2) is 27.0 Å². The van der Waals surface area contributed by atoms with Crippen LogP contribution in [0.5, 0.6) is 5.75 Å². The zero-order valence-electron chi connectivity index (χ0n) is 11.1. The summed E-state index contributed by atoms with van der Waals surface area (Å²) in [6.45, 7) is 2.00. The highest BCUT2D eigenvalue weighted by molar-refractivity contribution is 5.86. The third kappa shape index (κ3) is 2.09. The van der Waals surface area contributed by atoms with Gasteiger partial charge in [-0.2, -0.15) is 9.97 Å². The normalized spacial score (nSPS) is 10.7. The van der Waals surface area contributed by atoms with Crippen molar-refractivity contribution in [3.8, 4) is 5.75 Å². The van der Waals surface area contributed by atoms with Crippen LogP contribution in [0.1, 0.15) is 5.56 Å². The molecule has 0 fully saturated rings. The number of fused-ring (bicyclic) bond motifs is 1. The minimum Gasteiger partial charge on any atom is -0.495 e. The van der Waals surface area contributed by atoms with Crippen molar-refractivity contribution in [3.63, 3.8) is 0 Å². The molecule has 102 valence electrons. The molecule has 0 bridgehead atoms. The number of imidazole rings is 1. The number of aromatic amines is 1. The summed E-state index contributed by atoms with van der Waals surface area (Å²) in [4.78, 5) is 15.3. The van der Waals surface area contributed by atoms with Crippen LogP contribution in [0, 0.1) is 6.92 Å². The van der Waals surface area contributed by atoms with Crippen LogP contribution in [0.4, 0.5) is 17.5 Å². The maximum atomic E-state index is 5.69. The van der Waals surface area contributed by atoms with Crippen molar-refractivity contribution < 1.29 is 4.74 Å². The molecule has 1 aromatic carbocycles. The first-order chi connectivity index (χ1) is 9.67. The summed E-state index contributed by atoms with van der Waals surface area (Å²) >= 11 is 0. The summed E-state index contributed by atoms with van der Waals surface area (Å²) < 4.78 is 5.33. The summed E-state index contributed by atoms with van der Waals surface area (Å²) in [5, 5.41) is 3.21. The van der Waals surface area contributed by atoms with E-state index in [1.807, 2.05) is 25.1 Å². The van der Waals surface area contributed by atoms with Gasteiger partial charge < -0.3 is 20.8 Å². The fourth-order valence-corrected chi connectivity index (χ4v) is 1.99. The Morgan fingerprint density at radius 3 is 2.95 bits per heavy atom. The third-order valence-corrected chi connectivity index (χ3v) is 2.91. The molecule has 4 N–H and O–H groups in total. The Morgan fingerprint density at radius 1 is 1.30 bits per heavy atom. The standard InChI is InChI=1S/C13H14N6O/c1-7-3-4-9(20-2)8(5-7)17-12-10-11(16-6-15-10)18-13(14)19-12/h3-6H,1-2H3,(H4,14,15,16,17,18,19). The number of hydrogen-bond acceptors (Lipinski definition) is 6. The number of H-pyrrole nitrogens is 1. The van der Waals surface area contributed by atoms with Crippen molar-refractivity contribution in [2.45, 2.75) is 6.92 Å². The largest absolute Gasteiger partial charge is 0.495 e. The molecule has 7 nitrogen and oxygen atoms in total. The number of anilines is 3. The molecule has 0 unspecified atom stereocenters. The Kier molecular flexibility index (Phi) is 2.86. The lowest BCUT2D eigenvalue weighted by molar-refractivity contribution is 0.416. The highest BCUT2D eigenvalue weighted by atomic mass is 16.5. The SMILES string of the molecule is COc1ccc(C)cc1Nc1nc(N)nc2nc[nH]c12. The molecular weight excluding hydrogens is 256 g/mol. The molecule has 0 amide bonds. The number of nitrogens with zero attached hydrogens (tertiary/aromatic N) is 3. The fraction of sp³-hybridized carbons (Fsp3) is 0.154. The first-order valence-corrected chi connectivity index (χ1v) is 6.05. The van der Waals surface area contributed by atoms with Gasteiger partial charge in [0.25, 0.3) is 0 Å². The van der Waals surface area contributed by atoms with Gasteiger partial charge >= 0.3 is 0 Å². The second-order valence-corrected chi connectivity index (χ2v) is 4.36. The molecule has 0 aliphatic carbocycles. The van der Waals surface area contributed by atoms with Gasteiger partial charge in [0, 0.05) is 0 Å². The molecule has 0 saturated heterocycles. The Labute approximate surface area is 115 Å². The molecule has 20 heavy (non-hydrogen) atoms. The maximum absolute atomic E-state index is 5.69. The summed E-state index contributed by atoms with van der Waals surface area (Å²) in [5.41, 5.74) is 8.82. The van der Waals surface area contributed by atoms with E-state index in [4.69, 9.17) is 10.5 Å². The lowest BCUT2D eigenvalue weighted by Gasteiger charge is -2.12. The number of nitrogens with two attached hydrogens (primary N) is 1. The maximum Gasteiger partial charge on any atom is 0.224 e. The number of aryl methyl sites for hydroxylation is 1. The number of hydrogen-bond donors (Lipinski definition) is 3. The van der Waals surface area contributed by atoms with Crippen molar-refractivity contribution in [3.05, 3.63) is 30.1 Å². The van der Waals surface area contributed by atoms with Crippen molar-refractivity contribution in [1.82, 2.24) is 19.9 Å². The molecule has 7 heteroatoms. The number of rotatable bonds is 3. The topological polar surface area (TPSA) is 102 Å². The predicted octanol–water partition coefficient (Wildman–Crippen LogP) is 2.00. The summed E-state index contributed by atoms with van der Waals surface area (Å²) in [5.74, 6) is 1.45. The van der Waals surface area contributed by atoms with Gasteiger partial charge in [-0.3, -0.25) is 0 Å². The molecule has 3 rings (SSSR count). The quantitative estimate of drug-likeness (QED) is 0.672. The lowest BCUT2D eigenvalue weighted by atomic mass is 10.2. The molecule has 2 aromatic heterocycles. The number of benzene rings is 1. The second-order valence-electron chi connectivity index (χ2n) is 4.36. The third-order valence-electron chi connectivity index (χ3n) is 2.91. The first-order valence-electron chi connectivity index (χ1n) is 6.05. The van der Waals surface area contributed by atoms with Crippen molar-refractivity contribution in [2.75, 3.05) is 18.2 Å². The summed E-state index contributed by atoms with van der Waals surface area (Å²) in [6, 6.07) is 5.84. The molecule has 3 aromatic rings. The number of nitrogen functional groups attached to an aromatic ring is 1. The van der Waals surface area contributed by atoms with Crippen molar-refractivity contribution >= 4 is 28.6 Å². The van der Waals surface area contributed by atoms with E-state index in [1.54, 1.807) is 13.4 Å². The zero-order valence-corrected chi connectivity index (χ0v) is 11.1. The molecule has 0 saturated carbocycles. The van der Waals surface area contributed by atoms with E-state index in [9.17, 15) is 0 Å². The van der Waals surface area contributed by atoms with Crippen LogP contribution in [0.25, 0.3) is 11.2 Å². The average molecular weight is 270 g/mol. The molecule has 0 aliphatic heterocycles. The van der Waals surface area contributed by atoms with E-state index < -0.39 is 0 Å². The van der Waals surface area contributed by atoms with Crippen LogP contribution in [-0.2, 0) is 0 Å². The minimum atomic E-state index is 0.165. The van der Waals surface area contributed by atoms with Crippen LogP contribution in [0.15, 0.2) is 24.5 Å². The molecule has 0 aliphatic rings. The average Bonchev–Trinajstić information content (AvgIpc) is 2.87. The Morgan fingerprint density at radius 2 is 2.15 bits per heavy atom. The number of aromatic nitrogens is 4. The van der Waals surface area contributed by atoms with E-state index >= 15 is 0 Å². The Balaban J connectivity index is 2.09. The number of methoxy groups -OCH3 is 1. The van der Waals surface area contributed by atoms with E-state index in [0.29, 0.717) is 17.0 Å². The van der Waals surface area contributed by atoms with Gasteiger partial charge in [-0.25, -0.2) is 4.98 Å². The number of ether oxygens (including phenoxy) is 1. The van der Waals surface area contributed by atoms with Crippen LogP contribution in [0.2, 0.25) is 0 Å². The van der Waals surface area contributed by atoms with Gasteiger partial charge in [0.15, 0.2) is 11.5 Å². The monoisotopic (exact) mass is 270 g/mol. The van der Waals surface area contributed by atoms with E-state index in [2.05, 4.69) is 25.3 Å². The van der Waals surface area contributed by atoms with Crippen molar-refractivity contribution in [2.24, 2.45) is 0 Å². The van der Waals surface area contributed by atoms with Crippen molar-refractivity contribution in [1.29, 1.82) is 0 Å². The molecule has 2 heterocycles. The predicted molar refractivity (Wildman–Crippen MR) is 77.1 cm³/mol. The van der Waals surface area contributed by atoms with Crippen LogP contribution >= 0.6 is 0 Å². The fourth-order valence-electron chi connectivity index (χ4n) is 1.99. The summed E-state index contributed by atoms with van der Waals surface area (Å²) in [6.07, 6.45) is 1.55. The van der Waals surface area contributed by atoms with E-state index in [0.717, 1.165) is 17.0 Å². The Hall–Kier alpha value is -2.83. The highest BCUT2D eigenvalue weighted by Gasteiger charge is 2.11. The molecule has 0 spiro atoms. The van der Waals surface area contributed by atoms with Gasteiger partial charge in [0.05, 0.1) is 19.1 Å². The molecule has 0 radical (unpaired) electrons. The molecular formula is C13H14N6O. The smallest absolute Gasteiger partial charge is 0.224 e. The Bertz CT molecular complexity index is 767. The van der Waals surface area contributed by atoms with Crippen LogP contribution < -0.4 is 15.8 Å². The minimum absolute atomic E-state index is 0.165. The second kappa shape index (κ2) is 4.69. The lowest BCUT2D eigenvalue weighted by Crippen LogP contribution is -2.02. The number of nitrogens with one attached hydrogen (secondary N) is 2. The summed E-state index contributed by atoms with van der Waals surface area (Å²) in [7, 11) is 1.62. The van der Waals surface area contributed by atoms with Gasteiger partial charge in [-0.15, -0.1) is 0 Å². The first kappa shape index (κ1) is 12.2. The van der Waals surface area contributed by atoms with Gasteiger partial charge in [0.2, 0.25) is 5.95 Å². The van der Waals surface area contributed by atoms with E-state index in [-0.39, 0.29) is 5.95 Å². The molecule has 0 atom stereocenters. The van der Waals surface area contributed by atoms with Gasteiger partial charge in [-0.05, 0) is 24.6 Å². The highest BCUT2D eigenvalue weighted by Crippen LogP contribution is 2.30. The zero-order chi connectivity index (χ0) is 14.1. The van der Waals surface area contributed by atoms with E-state index in [1.165, 1.54) is 0 Å².